The van der Waals surface area contributed by atoms with Crippen molar-refractivity contribution in [3.63, 3.8) is 0 Å². The molecular weight excluding hydrogens is 336 g/mol. The number of esters is 1. The van der Waals surface area contributed by atoms with Gasteiger partial charge >= 0.3 is 12.0 Å². The standard InChI is InChI=1S/C19H22N2O5/c1-21(25-3)19(23)20-15-10-7-11-16(12-15)26-13-17(18(22)24-2)14-8-5-4-6-9-14/h4-12,17H,13H2,1-3H3,(H,20,23). The number of ether oxygens (including phenoxy) is 2. The second-order valence-electron chi connectivity index (χ2n) is 5.44. The number of hydrogen-bond acceptors (Lipinski definition) is 5. The van der Waals surface area contributed by atoms with E-state index in [2.05, 4.69) is 5.32 Å². The number of amides is 2. The minimum absolute atomic E-state index is 0.117. The minimum Gasteiger partial charge on any atom is -0.492 e. The molecule has 2 rings (SSSR count). The summed E-state index contributed by atoms with van der Waals surface area (Å²) in [6.45, 7) is 0.117. The molecule has 2 aromatic rings. The molecule has 0 radical (unpaired) electrons. The Morgan fingerprint density at radius 3 is 2.46 bits per heavy atom. The zero-order valence-electron chi connectivity index (χ0n) is 15.0. The first-order chi connectivity index (χ1) is 12.5. The fourth-order valence-electron chi connectivity index (χ4n) is 2.26. The molecule has 0 aromatic heterocycles. The summed E-state index contributed by atoms with van der Waals surface area (Å²) < 4.78 is 10.6. The van der Waals surface area contributed by atoms with Crippen molar-refractivity contribution in [3.05, 3.63) is 60.2 Å². The second-order valence-corrected chi connectivity index (χ2v) is 5.44. The van der Waals surface area contributed by atoms with Gasteiger partial charge in [0.25, 0.3) is 0 Å². The summed E-state index contributed by atoms with van der Waals surface area (Å²) in [7, 11) is 4.24. The van der Waals surface area contributed by atoms with Gasteiger partial charge in [-0.05, 0) is 17.7 Å². The lowest BCUT2D eigenvalue weighted by molar-refractivity contribution is -0.143. The molecule has 0 heterocycles. The molecule has 0 spiro atoms. The molecule has 0 saturated carbocycles. The maximum atomic E-state index is 12.1. The van der Waals surface area contributed by atoms with Crippen LogP contribution in [0, 0.1) is 0 Å². The fourth-order valence-corrected chi connectivity index (χ4v) is 2.26. The van der Waals surface area contributed by atoms with E-state index in [-0.39, 0.29) is 12.6 Å². The van der Waals surface area contributed by atoms with Gasteiger partial charge in [-0.3, -0.25) is 9.63 Å². The lowest BCUT2D eigenvalue weighted by Gasteiger charge is -2.17. The van der Waals surface area contributed by atoms with Crippen molar-refractivity contribution in [2.24, 2.45) is 0 Å². The number of nitrogens with one attached hydrogen (secondary N) is 1. The highest BCUT2D eigenvalue weighted by Gasteiger charge is 2.22. The maximum absolute atomic E-state index is 12.1. The zero-order valence-corrected chi connectivity index (χ0v) is 15.0. The van der Waals surface area contributed by atoms with E-state index in [1.54, 1.807) is 24.3 Å². The van der Waals surface area contributed by atoms with E-state index in [9.17, 15) is 9.59 Å². The quantitative estimate of drug-likeness (QED) is 0.608. The van der Waals surface area contributed by atoms with Crippen LogP contribution in [0.2, 0.25) is 0 Å². The smallest absolute Gasteiger partial charge is 0.345 e. The molecular formula is C19H22N2O5. The molecule has 1 unspecified atom stereocenters. The maximum Gasteiger partial charge on any atom is 0.345 e. The van der Waals surface area contributed by atoms with E-state index in [0.29, 0.717) is 11.4 Å². The second kappa shape index (κ2) is 9.43. The van der Waals surface area contributed by atoms with Gasteiger partial charge in [-0.25, -0.2) is 9.86 Å². The third-order valence-electron chi connectivity index (χ3n) is 3.75. The van der Waals surface area contributed by atoms with Crippen LogP contribution in [0.25, 0.3) is 0 Å². The van der Waals surface area contributed by atoms with Gasteiger partial charge in [-0.2, -0.15) is 0 Å². The number of urea groups is 1. The van der Waals surface area contributed by atoms with Crippen molar-refractivity contribution in [2.75, 3.05) is 33.2 Å². The SMILES string of the molecule is COC(=O)C(COc1cccc(NC(=O)N(C)OC)c1)c1ccccc1. The normalized spacial score (nSPS) is 11.3. The Kier molecular flexibility index (Phi) is 6.99. The van der Waals surface area contributed by atoms with Gasteiger partial charge in [0.2, 0.25) is 0 Å². The molecule has 138 valence electrons. The summed E-state index contributed by atoms with van der Waals surface area (Å²) in [6, 6.07) is 15.8. The molecule has 0 bridgehead atoms. The van der Waals surface area contributed by atoms with Crippen molar-refractivity contribution in [1.29, 1.82) is 0 Å². The van der Waals surface area contributed by atoms with Crippen LogP contribution in [0.3, 0.4) is 0 Å². The van der Waals surface area contributed by atoms with Crippen molar-refractivity contribution in [3.8, 4) is 5.75 Å². The van der Waals surface area contributed by atoms with E-state index in [4.69, 9.17) is 14.3 Å². The van der Waals surface area contributed by atoms with Gasteiger partial charge in [0.15, 0.2) is 0 Å². The molecule has 26 heavy (non-hydrogen) atoms. The molecule has 0 aliphatic carbocycles. The average molecular weight is 358 g/mol. The number of methoxy groups -OCH3 is 1. The highest BCUT2D eigenvalue weighted by atomic mass is 16.7. The Morgan fingerprint density at radius 2 is 1.81 bits per heavy atom. The number of benzene rings is 2. The van der Waals surface area contributed by atoms with Gasteiger partial charge < -0.3 is 14.8 Å². The largest absolute Gasteiger partial charge is 0.492 e. The van der Waals surface area contributed by atoms with Gasteiger partial charge in [0.05, 0.1) is 14.2 Å². The van der Waals surface area contributed by atoms with E-state index in [0.717, 1.165) is 10.6 Å². The number of carbonyl (C=O) groups excluding carboxylic acids is 2. The highest BCUT2D eigenvalue weighted by Crippen LogP contribution is 2.22. The Labute approximate surface area is 152 Å². The Balaban J connectivity index is 2.06. The number of hydroxylamine groups is 2. The first kappa shape index (κ1) is 19.3. The first-order valence-corrected chi connectivity index (χ1v) is 7.99. The summed E-state index contributed by atoms with van der Waals surface area (Å²) in [5, 5.41) is 3.74. The van der Waals surface area contributed by atoms with Crippen LogP contribution >= 0.6 is 0 Å². The highest BCUT2D eigenvalue weighted by molar-refractivity contribution is 5.88. The van der Waals surface area contributed by atoms with E-state index < -0.39 is 11.9 Å². The fraction of sp³-hybridized carbons (Fsp3) is 0.263. The summed E-state index contributed by atoms with van der Waals surface area (Å²) in [5.41, 5.74) is 1.36. The van der Waals surface area contributed by atoms with Gasteiger partial charge in [-0.1, -0.05) is 36.4 Å². The van der Waals surface area contributed by atoms with Crippen molar-refractivity contribution in [1.82, 2.24) is 5.06 Å². The molecule has 0 aliphatic rings. The zero-order chi connectivity index (χ0) is 18.9. The van der Waals surface area contributed by atoms with Crippen LogP contribution in [0.1, 0.15) is 11.5 Å². The van der Waals surface area contributed by atoms with Crippen LogP contribution < -0.4 is 10.1 Å². The van der Waals surface area contributed by atoms with Gasteiger partial charge in [-0.15, -0.1) is 0 Å². The van der Waals surface area contributed by atoms with Crippen LogP contribution in [-0.2, 0) is 14.4 Å². The summed E-state index contributed by atoms with van der Waals surface area (Å²) in [5.74, 6) is -0.394. The lowest BCUT2D eigenvalue weighted by atomic mass is 10.0. The third-order valence-corrected chi connectivity index (χ3v) is 3.75. The summed E-state index contributed by atoms with van der Waals surface area (Å²) in [6.07, 6.45) is 0. The van der Waals surface area contributed by atoms with Crippen molar-refractivity contribution >= 4 is 17.7 Å². The van der Waals surface area contributed by atoms with E-state index in [1.165, 1.54) is 21.3 Å². The molecule has 7 heteroatoms. The summed E-state index contributed by atoms with van der Waals surface area (Å²) >= 11 is 0. The first-order valence-electron chi connectivity index (χ1n) is 7.99. The summed E-state index contributed by atoms with van der Waals surface area (Å²) in [4.78, 5) is 28.7. The molecule has 0 aliphatic heterocycles. The number of carbonyl (C=O) groups is 2. The van der Waals surface area contributed by atoms with E-state index >= 15 is 0 Å². The van der Waals surface area contributed by atoms with Crippen LogP contribution in [-0.4, -0.2) is 44.9 Å². The average Bonchev–Trinajstić information content (AvgIpc) is 2.68. The molecule has 2 aromatic carbocycles. The van der Waals surface area contributed by atoms with E-state index in [1.807, 2.05) is 30.3 Å². The Morgan fingerprint density at radius 1 is 1.08 bits per heavy atom. The van der Waals surface area contributed by atoms with Gasteiger partial charge in [0.1, 0.15) is 18.3 Å². The molecule has 0 fully saturated rings. The third kappa shape index (κ3) is 5.22. The van der Waals surface area contributed by atoms with Crippen LogP contribution in [0.5, 0.6) is 5.75 Å². The predicted octanol–water partition coefficient (Wildman–Crippen LogP) is 3.05. The molecule has 0 saturated heterocycles. The van der Waals surface area contributed by atoms with Crippen LogP contribution in [0.15, 0.2) is 54.6 Å². The van der Waals surface area contributed by atoms with Crippen molar-refractivity contribution in [2.45, 2.75) is 5.92 Å². The monoisotopic (exact) mass is 358 g/mol. The number of rotatable bonds is 7. The Hall–Kier alpha value is -3.06. The Bertz CT molecular complexity index is 736. The number of nitrogens with zero attached hydrogens (tertiary/aromatic N) is 1. The van der Waals surface area contributed by atoms with Gasteiger partial charge in [0, 0.05) is 18.8 Å². The van der Waals surface area contributed by atoms with Crippen LogP contribution in [0.4, 0.5) is 10.5 Å². The molecule has 1 N–H and O–H groups in total. The molecule has 1 atom stereocenters. The topological polar surface area (TPSA) is 77.1 Å². The number of hydrogen-bond donors (Lipinski definition) is 1. The molecule has 2 amide bonds. The predicted molar refractivity (Wildman–Crippen MR) is 96.9 cm³/mol. The molecule has 7 nitrogen and oxygen atoms in total. The lowest BCUT2D eigenvalue weighted by Crippen LogP contribution is -2.30. The van der Waals surface area contributed by atoms with Crippen molar-refractivity contribution < 1.29 is 23.9 Å². The minimum atomic E-state index is -0.543. The number of anilines is 1.